The molecule has 8 heteroatoms. The Balaban J connectivity index is 0.000000155. The first kappa shape index (κ1) is 58.4. The first-order valence-corrected chi connectivity index (χ1v) is 31.9. The van der Waals surface area contributed by atoms with Crippen molar-refractivity contribution in [1.29, 1.82) is 0 Å². The van der Waals surface area contributed by atoms with Gasteiger partial charge in [-0.1, -0.05) is 231 Å². The molecule has 0 radical (unpaired) electrons. The number of halogens is 2. The van der Waals surface area contributed by atoms with Gasteiger partial charge in [-0.2, -0.15) is 0 Å². The third-order valence-corrected chi connectivity index (χ3v) is 17.5. The highest BCUT2D eigenvalue weighted by atomic mass is 79.9. The van der Waals surface area contributed by atoms with Crippen molar-refractivity contribution in [2.75, 3.05) is 9.80 Å². The number of rotatable bonds is 14. The van der Waals surface area contributed by atoms with E-state index in [4.69, 9.17) is 13.8 Å². The number of fused-ring (bicyclic) bond motifs is 2. The van der Waals surface area contributed by atoms with Crippen molar-refractivity contribution in [3.63, 3.8) is 0 Å². The van der Waals surface area contributed by atoms with E-state index in [-0.39, 0.29) is 5.58 Å². The van der Waals surface area contributed by atoms with Crippen LogP contribution in [0.15, 0.2) is 365 Å². The molecule has 0 N–H and O–H groups in total. The van der Waals surface area contributed by atoms with Crippen LogP contribution >= 0.6 is 15.9 Å². The zero-order valence-electron chi connectivity index (χ0n) is 50.8. The van der Waals surface area contributed by atoms with Crippen LogP contribution < -0.4 is 9.80 Å². The minimum absolute atomic E-state index is 0.175. The fraction of sp³-hybridized carbons (Fsp3) is 0. The Bertz CT molecular complexity index is 4840. The molecule has 0 aliphatic heterocycles. The van der Waals surface area contributed by atoms with E-state index in [0.29, 0.717) is 17.3 Å². The van der Waals surface area contributed by atoms with Gasteiger partial charge in [0.1, 0.15) is 11.0 Å². The van der Waals surface area contributed by atoms with Gasteiger partial charge in [0.2, 0.25) is 11.8 Å². The van der Waals surface area contributed by atoms with Crippen LogP contribution in [0.5, 0.6) is 0 Å². The number of nitrogens with zero attached hydrogens (tertiary/aromatic N) is 4. The Morgan fingerprint density at radius 3 is 0.809 bits per heavy atom. The van der Waals surface area contributed by atoms with Gasteiger partial charge in [-0.25, -0.2) is 14.4 Å². The summed E-state index contributed by atoms with van der Waals surface area (Å²) in [5.41, 5.74) is 24.4. The minimum Gasteiger partial charge on any atom is -0.435 e. The van der Waals surface area contributed by atoms with Gasteiger partial charge < -0.3 is 18.6 Å². The van der Waals surface area contributed by atoms with E-state index in [9.17, 15) is 4.39 Å². The van der Waals surface area contributed by atoms with Gasteiger partial charge >= 0.3 is 0 Å². The van der Waals surface area contributed by atoms with E-state index in [2.05, 4.69) is 322 Å². The fourth-order valence-electron chi connectivity index (χ4n) is 12.3. The minimum atomic E-state index is -0.412. The summed E-state index contributed by atoms with van der Waals surface area (Å²) >= 11 is 3.57. The van der Waals surface area contributed by atoms with Crippen molar-refractivity contribution >= 4 is 72.3 Å². The molecule has 448 valence electrons. The lowest BCUT2D eigenvalue weighted by Gasteiger charge is -2.25. The Labute approximate surface area is 553 Å². The average Bonchev–Trinajstić information content (AvgIpc) is 1.09. The molecule has 0 saturated heterocycles. The van der Waals surface area contributed by atoms with Crippen molar-refractivity contribution in [1.82, 2.24) is 9.97 Å². The van der Waals surface area contributed by atoms with Crippen LogP contribution in [0, 0.1) is 5.82 Å². The highest BCUT2D eigenvalue weighted by Gasteiger charge is 2.20. The number of hydrogen-bond acceptors (Lipinski definition) is 6. The van der Waals surface area contributed by atoms with Gasteiger partial charge in [-0.05, 0) is 204 Å². The van der Waals surface area contributed by atoms with Gasteiger partial charge in [0.15, 0.2) is 17.0 Å². The molecule has 14 aromatic carbocycles. The topological polar surface area (TPSA) is 58.5 Å². The number of hydrogen-bond donors (Lipinski definition) is 0. The SMILES string of the molecule is Brc1cccc2nc(-c3ccc(-c4ccccc4-c4ccccc4-c4ccc(N(c5ccccc5)c5ccccc5)cc4)cc3)oc12.Fc1cccc2nc(-c3ccc(-c4ccccc4-c4ccccc4-c4ccc(N(c5ccccc5)c5ccccc5)cc4)cc3)oc12. The fourth-order valence-corrected chi connectivity index (χ4v) is 12.8. The number of anilines is 6. The quantitative estimate of drug-likeness (QED) is 0.108. The molecular formula is C86H58BrFN4O2. The van der Waals surface area contributed by atoms with E-state index in [1.165, 1.54) is 28.3 Å². The molecule has 0 unspecified atom stereocenters. The summed E-state index contributed by atoms with van der Waals surface area (Å²) in [5, 5.41) is 0. The van der Waals surface area contributed by atoms with Crippen molar-refractivity contribution in [2.24, 2.45) is 0 Å². The predicted molar refractivity (Wildman–Crippen MR) is 389 cm³/mol. The first-order chi connectivity index (χ1) is 46.5. The third kappa shape index (κ3) is 12.0. The highest BCUT2D eigenvalue weighted by Crippen LogP contribution is 2.44. The van der Waals surface area contributed by atoms with Crippen molar-refractivity contribution < 1.29 is 13.2 Å². The lowest BCUT2D eigenvalue weighted by atomic mass is 9.89. The Kier molecular flexibility index (Phi) is 16.4. The lowest BCUT2D eigenvalue weighted by molar-refractivity contribution is 0.564. The summed E-state index contributed by atoms with van der Waals surface area (Å²) in [6.45, 7) is 0. The number of oxazole rings is 2. The normalized spacial score (nSPS) is 11.1. The Morgan fingerprint density at radius 1 is 0.234 bits per heavy atom. The van der Waals surface area contributed by atoms with E-state index in [1.807, 2.05) is 42.5 Å². The molecule has 0 aliphatic rings. The molecule has 16 aromatic rings. The van der Waals surface area contributed by atoms with E-state index >= 15 is 0 Å². The van der Waals surface area contributed by atoms with E-state index < -0.39 is 5.82 Å². The zero-order chi connectivity index (χ0) is 63.2. The Morgan fingerprint density at radius 2 is 0.489 bits per heavy atom. The summed E-state index contributed by atoms with van der Waals surface area (Å²) in [6, 6.07) is 121. The van der Waals surface area contributed by atoms with Gasteiger partial charge in [-0.3, -0.25) is 0 Å². The predicted octanol–water partition coefficient (Wildman–Crippen LogP) is 24.8. The van der Waals surface area contributed by atoms with Gasteiger partial charge in [0, 0.05) is 45.3 Å². The molecule has 0 bridgehead atoms. The van der Waals surface area contributed by atoms with Crippen molar-refractivity contribution in [3.05, 3.63) is 362 Å². The number of para-hydroxylation sites is 6. The lowest BCUT2D eigenvalue weighted by Crippen LogP contribution is -2.09. The standard InChI is InChI=1S/C43H29BrN2O.C43H29FN2O/c2*44-40-20-11-21-41-42(40)47-43(45-41)32-24-22-30(23-25-32)36-16-7-9-18-38(36)39-19-10-8-17-37(39)31-26-28-35(29-27-31)46(33-12-3-1-4-13-33)34-14-5-2-6-15-34/h2*1-29H. The maximum Gasteiger partial charge on any atom is 0.227 e. The molecule has 0 aliphatic carbocycles. The van der Waals surface area contributed by atoms with Crippen molar-refractivity contribution in [3.8, 4) is 89.7 Å². The van der Waals surface area contributed by atoms with Crippen LogP contribution in [0.3, 0.4) is 0 Å². The maximum atomic E-state index is 14.2. The smallest absolute Gasteiger partial charge is 0.227 e. The average molecular weight is 1280 g/mol. The summed E-state index contributed by atoms with van der Waals surface area (Å²) < 4.78 is 27.0. The maximum absolute atomic E-state index is 14.2. The molecule has 0 amide bonds. The monoisotopic (exact) mass is 1280 g/mol. The van der Waals surface area contributed by atoms with Crippen LogP contribution in [0.4, 0.5) is 38.5 Å². The van der Waals surface area contributed by atoms with Crippen LogP contribution in [0.25, 0.3) is 112 Å². The third-order valence-electron chi connectivity index (χ3n) is 16.8. The van der Waals surface area contributed by atoms with Crippen LogP contribution in [-0.4, -0.2) is 9.97 Å². The first-order valence-electron chi connectivity index (χ1n) is 31.2. The molecule has 2 aromatic heterocycles. The van der Waals surface area contributed by atoms with Gasteiger partial charge in [-0.15, -0.1) is 0 Å². The molecule has 0 fully saturated rings. The second kappa shape index (κ2) is 26.5. The van der Waals surface area contributed by atoms with E-state index in [1.54, 1.807) is 12.1 Å². The largest absolute Gasteiger partial charge is 0.435 e. The summed E-state index contributed by atoms with van der Waals surface area (Å²) in [4.78, 5) is 13.8. The molecule has 16 rings (SSSR count). The molecule has 0 atom stereocenters. The van der Waals surface area contributed by atoms with Crippen LogP contribution in [-0.2, 0) is 0 Å². The molecule has 2 heterocycles. The zero-order valence-corrected chi connectivity index (χ0v) is 52.4. The summed E-state index contributed by atoms with van der Waals surface area (Å²) in [6.07, 6.45) is 0. The number of aromatic nitrogens is 2. The summed E-state index contributed by atoms with van der Waals surface area (Å²) in [5.74, 6) is 0.597. The van der Waals surface area contributed by atoms with Crippen LogP contribution in [0.2, 0.25) is 0 Å². The second-order valence-corrected chi connectivity index (χ2v) is 23.5. The Hall–Kier alpha value is -12.0. The number of benzene rings is 14. The molecule has 6 nitrogen and oxygen atoms in total. The van der Waals surface area contributed by atoms with Crippen LogP contribution in [0.1, 0.15) is 0 Å². The van der Waals surface area contributed by atoms with Gasteiger partial charge in [0.05, 0.1) is 4.47 Å². The molecular weight excluding hydrogens is 1220 g/mol. The van der Waals surface area contributed by atoms with E-state index in [0.717, 1.165) is 105 Å². The molecule has 94 heavy (non-hydrogen) atoms. The van der Waals surface area contributed by atoms with Crippen molar-refractivity contribution in [2.45, 2.75) is 0 Å². The molecule has 0 spiro atoms. The summed E-state index contributed by atoms with van der Waals surface area (Å²) in [7, 11) is 0. The van der Waals surface area contributed by atoms with Gasteiger partial charge in [0.25, 0.3) is 0 Å². The second-order valence-electron chi connectivity index (χ2n) is 22.7. The molecule has 0 saturated carbocycles. The highest BCUT2D eigenvalue weighted by molar-refractivity contribution is 9.10.